The number of carbonyl (C=O) groups excluding carboxylic acids is 1. The quantitative estimate of drug-likeness (QED) is 0.230. The van der Waals surface area contributed by atoms with E-state index in [-0.39, 0.29) is 23.1 Å². The fraction of sp³-hybridized carbons (Fsp3) is 0.412. The van der Waals surface area contributed by atoms with Gasteiger partial charge in [-0.2, -0.15) is 23.5 Å². The highest BCUT2D eigenvalue weighted by atomic mass is 19.4. The molecule has 46 heavy (non-hydrogen) atoms. The minimum atomic E-state index is -4.62. The average molecular weight is 635 g/mol. The van der Waals surface area contributed by atoms with E-state index in [0.29, 0.717) is 22.9 Å². The topological polar surface area (TPSA) is 97.6 Å². The lowest BCUT2D eigenvalue weighted by Gasteiger charge is -2.33. The minimum absolute atomic E-state index is 0.0107. The van der Waals surface area contributed by atoms with Crippen molar-refractivity contribution >= 4 is 6.03 Å². The Labute approximate surface area is 266 Å². The maximum absolute atomic E-state index is 14.1. The van der Waals surface area contributed by atoms with Crippen molar-refractivity contribution in [3.63, 3.8) is 0 Å². The van der Waals surface area contributed by atoms with Gasteiger partial charge < -0.3 is 9.80 Å². The van der Waals surface area contributed by atoms with Crippen LogP contribution >= 0.6 is 0 Å². The molecule has 2 heterocycles. The smallest absolute Gasteiger partial charge is 0.335 e. The number of carbonyl (C=O) groups is 1. The van der Waals surface area contributed by atoms with Crippen molar-refractivity contribution in [2.24, 2.45) is 5.92 Å². The summed E-state index contributed by atoms with van der Waals surface area (Å²) in [5.41, 5.74) is 0.186. The van der Waals surface area contributed by atoms with Gasteiger partial charge in [-0.15, -0.1) is 0 Å². The molecule has 2 aromatic heterocycles. The highest BCUT2D eigenvalue weighted by molar-refractivity contribution is 5.83. The molecule has 1 aliphatic rings. The molecule has 1 amide bonds. The number of quaternary nitrogens is 1. The van der Waals surface area contributed by atoms with Crippen LogP contribution in [0.15, 0.2) is 65.6 Å². The summed E-state index contributed by atoms with van der Waals surface area (Å²) in [7, 11) is 4.45. The molecular weight excluding hydrogens is 595 g/mol. The minimum Gasteiger partial charge on any atom is -0.335 e. The van der Waals surface area contributed by atoms with Gasteiger partial charge in [0.2, 0.25) is 0 Å². The highest BCUT2D eigenvalue weighted by Gasteiger charge is 2.33. The molecule has 0 spiro atoms. The number of benzene rings is 2. The molecule has 2 aromatic carbocycles. The van der Waals surface area contributed by atoms with Crippen LogP contribution in [-0.4, -0.2) is 62.7 Å². The number of amides is 1. The molecule has 0 bridgehead atoms. The van der Waals surface area contributed by atoms with Crippen molar-refractivity contribution < 1.29 is 22.4 Å². The molecule has 0 atom stereocenters. The fourth-order valence-electron chi connectivity index (χ4n) is 6.11. The summed E-state index contributed by atoms with van der Waals surface area (Å²) >= 11 is 0. The second-order valence-corrected chi connectivity index (χ2v) is 12.7. The monoisotopic (exact) mass is 634 g/mol. The Morgan fingerprint density at radius 3 is 2.39 bits per heavy atom. The maximum Gasteiger partial charge on any atom is 0.416 e. The van der Waals surface area contributed by atoms with E-state index < -0.39 is 23.5 Å². The lowest BCUT2D eigenvalue weighted by Crippen LogP contribution is -2.44. The van der Waals surface area contributed by atoms with Crippen molar-refractivity contribution in [1.29, 1.82) is 5.26 Å². The van der Waals surface area contributed by atoms with Crippen LogP contribution in [0.4, 0.5) is 18.0 Å². The van der Waals surface area contributed by atoms with Gasteiger partial charge >= 0.3 is 17.9 Å². The Morgan fingerprint density at radius 2 is 1.76 bits per heavy atom. The number of nitrogens with one attached hydrogen (secondary N) is 1. The maximum atomic E-state index is 14.1. The van der Waals surface area contributed by atoms with Gasteiger partial charge in [-0.05, 0) is 100 Å². The van der Waals surface area contributed by atoms with E-state index in [2.05, 4.69) is 37.5 Å². The van der Waals surface area contributed by atoms with E-state index in [0.717, 1.165) is 70.9 Å². The Hall–Kier alpha value is -4.63. The Bertz CT molecular complexity index is 1800. The molecule has 0 saturated heterocycles. The Morgan fingerprint density at radius 1 is 1.07 bits per heavy atom. The van der Waals surface area contributed by atoms with Crippen LogP contribution in [0.25, 0.3) is 22.8 Å². The summed E-state index contributed by atoms with van der Waals surface area (Å²) in [5.74, 6) is 0.571. The highest BCUT2D eigenvalue weighted by Crippen LogP contribution is 2.32. The zero-order chi connectivity index (χ0) is 33.2. The molecule has 4 aromatic rings. The SMILES string of the molecule is CC[N+](C)(C)CCC1CCC(NC(=O)n2c(-c3ccnn3-c3ccc(C#N)cc3)c(C)n(-c3cccc(C(F)(F)F)c3)c2=O)CC1. The van der Waals surface area contributed by atoms with Crippen molar-refractivity contribution in [1.82, 2.24) is 24.2 Å². The molecule has 1 saturated carbocycles. The van der Waals surface area contributed by atoms with E-state index in [9.17, 15) is 28.0 Å². The lowest BCUT2D eigenvalue weighted by atomic mass is 9.84. The molecule has 1 aliphatic carbocycles. The molecule has 12 heteroatoms. The molecule has 0 radical (unpaired) electrons. The number of aromatic nitrogens is 4. The number of nitrogens with zero attached hydrogens (tertiary/aromatic N) is 6. The molecule has 1 N–H and O–H groups in total. The van der Waals surface area contributed by atoms with Crippen LogP contribution in [0.1, 0.15) is 55.8 Å². The molecule has 242 valence electrons. The van der Waals surface area contributed by atoms with Gasteiger partial charge in [-0.25, -0.2) is 18.8 Å². The number of hydrogen-bond acceptors (Lipinski definition) is 4. The third-order valence-corrected chi connectivity index (χ3v) is 9.22. The van der Waals surface area contributed by atoms with Crippen LogP contribution in [0.2, 0.25) is 0 Å². The standard InChI is InChI=1S/C34H38F3N7O2/c1-5-44(3,4)20-18-24-9-13-27(14-10-24)40-32(45)42-31(30-17-19-39-43(30)28-15-11-25(22-38)12-16-28)23(2)41(33(42)46)29-8-6-7-26(21-29)34(35,36)37/h6-8,11-12,15-17,19,21,24,27H,5,9-10,13-14,18,20H2,1-4H3/p+1. The largest absolute Gasteiger partial charge is 0.416 e. The third kappa shape index (κ3) is 6.79. The van der Waals surface area contributed by atoms with Gasteiger partial charge in [0.1, 0.15) is 5.69 Å². The van der Waals surface area contributed by atoms with E-state index in [4.69, 9.17) is 0 Å². The second-order valence-electron chi connectivity index (χ2n) is 12.7. The summed E-state index contributed by atoms with van der Waals surface area (Å²) in [4.78, 5) is 28.0. The number of rotatable bonds is 8. The van der Waals surface area contributed by atoms with E-state index >= 15 is 0 Å². The third-order valence-electron chi connectivity index (χ3n) is 9.22. The van der Waals surface area contributed by atoms with Crippen molar-refractivity contribution in [2.75, 3.05) is 27.2 Å². The zero-order valence-electron chi connectivity index (χ0n) is 26.5. The normalized spacial score (nSPS) is 17.1. The van der Waals surface area contributed by atoms with Crippen molar-refractivity contribution in [3.05, 3.63) is 88.1 Å². The predicted molar refractivity (Wildman–Crippen MR) is 169 cm³/mol. The number of imidazole rings is 1. The van der Waals surface area contributed by atoms with Gasteiger partial charge in [-0.1, -0.05) is 6.07 Å². The summed E-state index contributed by atoms with van der Waals surface area (Å²) < 4.78 is 45.5. The van der Waals surface area contributed by atoms with Crippen LogP contribution in [0.5, 0.6) is 0 Å². The number of hydrogen-bond donors (Lipinski definition) is 1. The summed E-state index contributed by atoms with van der Waals surface area (Å²) in [6, 6.07) is 14.0. The van der Waals surface area contributed by atoms with E-state index in [1.165, 1.54) is 23.0 Å². The summed E-state index contributed by atoms with van der Waals surface area (Å²) in [5, 5.41) is 16.7. The first-order chi connectivity index (χ1) is 21.8. The van der Waals surface area contributed by atoms with Gasteiger partial charge in [0.15, 0.2) is 0 Å². The molecule has 9 nitrogen and oxygen atoms in total. The first kappa shape index (κ1) is 32.8. The van der Waals surface area contributed by atoms with E-state index in [1.54, 1.807) is 37.3 Å². The predicted octanol–water partition coefficient (Wildman–Crippen LogP) is 6.29. The number of alkyl halides is 3. The Balaban J connectivity index is 1.52. The van der Waals surface area contributed by atoms with Crippen LogP contribution in [0, 0.1) is 24.2 Å². The van der Waals surface area contributed by atoms with Gasteiger partial charge in [0, 0.05) is 6.04 Å². The van der Waals surface area contributed by atoms with Crippen LogP contribution in [0.3, 0.4) is 0 Å². The molecule has 0 unspecified atom stereocenters. The Kier molecular flexibility index (Phi) is 9.26. The van der Waals surface area contributed by atoms with Crippen LogP contribution in [-0.2, 0) is 6.18 Å². The second kappa shape index (κ2) is 13.0. The molecule has 1 fully saturated rings. The lowest BCUT2D eigenvalue weighted by molar-refractivity contribution is -0.889. The summed E-state index contributed by atoms with van der Waals surface area (Å²) in [6.07, 6.45) is 1.49. The van der Waals surface area contributed by atoms with Gasteiger partial charge in [0.25, 0.3) is 0 Å². The van der Waals surface area contributed by atoms with Gasteiger partial charge in [-0.3, -0.25) is 4.57 Å². The molecular formula is C34H39F3N7O2+. The van der Waals surface area contributed by atoms with Crippen LogP contribution < -0.4 is 11.0 Å². The molecule has 0 aliphatic heterocycles. The fourth-order valence-corrected chi connectivity index (χ4v) is 6.11. The summed E-state index contributed by atoms with van der Waals surface area (Å²) in [6.45, 7) is 5.93. The van der Waals surface area contributed by atoms with Crippen molar-refractivity contribution in [2.45, 2.75) is 58.2 Å². The number of halogens is 3. The van der Waals surface area contributed by atoms with Gasteiger partial charge in [0.05, 0.1) is 73.3 Å². The zero-order valence-corrected chi connectivity index (χ0v) is 26.5. The average Bonchev–Trinajstić information content (AvgIpc) is 3.62. The first-order valence-corrected chi connectivity index (χ1v) is 15.5. The first-order valence-electron chi connectivity index (χ1n) is 15.5. The number of nitriles is 1. The molecule has 5 rings (SSSR count). The van der Waals surface area contributed by atoms with Crippen molar-refractivity contribution in [3.8, 4) is 28.8 Å². The van der Waals surface area contributed by atoms with E-state index in [1.807, 2.05) is 0 Å².